The average Bonchev–Trinajstić information content (AvgIpc) is 3.72. The van der Waals surface area contributed by atoms with Gasteiger partial charge in [0.25, 0.3) is 5.91 Å². The fourth-order valence-corrected chi connectivity index (χ4v) is 10.0. The lowest BCUT2D eigenvalue weighted by Gasteiger charge is -2.35. The number of carbonyl (C=O) groups excluding carboxylic acids is 1. The summed E-state index contributed by atoms with van der Waals surface area (Å²) in [6.07, 6.45) is 4.32. The molecule has 61 heavy (non-hydrogen) atoms. The van der Waals surface area contributed by atoms with Crippen molar-refractivity contribution in [3.63, 3.8) is 0 Å². The summed E-state index contributed by atoms with van der Waals surface area (Å²) < 4.78 is 47.3. The van der Waals surface area contributed by atoms with Crippen LogP contribution in [0.1, 0.15) is 114 Å². The number of ether oxygens (including phenoxy) is 1. The molecule has 1 amide bonds. The van der Waals surface area contributed by atoms with Crippen LogP contribution in [0, 0.1) is 43.2 Å². The molecule has 1 saturated heterocycles. The van der Waals surface area contributed by atoms with Gasteiger partial charge < -0.3 is 14.2 Å². The minimum atomic E-state index is -0.815. The van der Waals surface area contributed by atoms with Gasteiger partial charge in [0.2, 0.25) is 0 Å². The second kappa shape index (κ2) is 13.9. The molecule has 3 aliphatic rings. The first-order chi connectivity index (χ1) is 29.1. The summed E-state index contributed by atoms with van der Waals surface area (Å²) in [5.41, 5.74) is 5.75. The molecule has 12 nitrogen and oxygen atoms in total. The number of aryl methyl sites for hydroxylation is 3. The maximum atomic E-state index is 15.9. The number of rotatable bonds is 5. The molecule has 4 atom stereocenters. The molecule has 7 aromatic rings. The average molecular weight is 825 g/mol. The third-order valence-corrected chi connectivity index (χ3v) is 13.3. The van der Waals surface area contributed by atoms with Crippen LogP contribution in [0.15, 0.2) is 64.0 Å². The van der Waals surface area contributed by atoms with E-state index in [4.69, 9.17) is 14.4 Å². The lowest BCUT2D eigenvalue weighted by molar-refractivity contribution is -0.0592. The van der Waals surface area contributed by atoms with Crippen molar-refractivity contribution in [2.45, 2.75) is 90.3 Å². The molecule has 10 rings (SSSR count). The number of benzene rings is 3. The van der Waals surface area contributed by atoms with E-state index in [9.17, 15) is 9.18 Å². The molecule has 4 aromatic heterocycles. The minimum Gasteiger partial charge on any atom is -0.376 e. The molecule has 1 aliphatic carbocycles. The monoisotopic (exact) mass is 824 g/mol. The molecule has 6 heterocycles. The van der Waals surface area contributed by atoms with E-state index in [-0.39, 0.29) is 28.8 Å². The Morgan fingerprint density at radius 1 is 0.984 bits per heavy atom. The van der Waals surface area contributed by atoms with Crippen molar-refractivity contribution < 1.29 is 22.8 Å². The Bertz CT molecular complexity index is 3060. The van der Waals surface area contributed by atoms with Crippen molar-refractivity contribution in [2.24, 2.45) is 13.0 Å². The molecular formula is C47H46F2N8O4. The third kappa shape index (κ3) is 6.15. The van der Waals surface area contributed by atoms with Gasteiger partial charge in [-0.1, -0.05) is 24.1 Å². The van der Waals surface area contributed by atoms with Crippen molar-refractivity contribution in [1.82, 2.24) is 39.2 Å². The Labute approximate surface area is 350 Å². The van der Waals surface area contributed by atoms with Crippen LogP contribution in [-0.4, -0.2) is 63.8 Å². The number of carbonyl (C=O) groups is 1. The lowest BCUT2D eigenvalue weighted by Crippen LogP contribution is -2.41. The van der Waals surface area contributed by atoms with Gasteiger partial charge in [-0.25, -0.2) is 18.3 Å². The maximum Gasteiger partial charge on any atom is 0.438 e. The molecule has 2 fully saturated rings. The summed E-state index contributed by atoms with van der Waals surface area (Å²) in [6.45, 7) is 12.7. The van der Waals surface area contributed by atoms with Crippen molar-refractivity contribution in [2.75, 3.05) is 13.2 Å². The number of H-pyrrole nitrogens is 1. The maximum absolute atomic E-state index is 15.9. The molecule has 1 N–H and O–H groups in total. The number of nitrogens with one attached hydrogen (secondary N) is 1. The topological polar surface area (TPSA) is 129 Å². The van der Waals surface area contributed by atoms with Crippen molar-refractivity contribution in [3.05, 3.63) is 128 Å². The van der Waals surface area contributed by atoms with Gasteiger partial charge in [0.05, 0.1) is 45.7 Å². The van der Waals surface area contributed by atoms with Crippen LogP contribution in [0.2, 0.25) is 0 Å². The number of amides is 1. The summed E-state index contributed by atoms with van der Waals surface area (Å²) >= 11 is 0. The predicted octanol–water partition coefficient (Wildman–Crippen LogP) is 7.90. The van der Waals surface area contributed by atoms with E-state index in [2.05, 4.69) is 70.6 Å². The number of hydrogen-bond acceptors (Lipinski definition) is 7. The summed E-state index contributed by atoms with van der Waals surface area (Å²) in [7, 11) is 1.75. The first kappa shape index (κ1) is 38.8. The number of halogens is 2. The smallest absolute Gasteiger partial charge is 0.376 e. The summed E-state index contributed by atoms with van der Waals surface area (Å²) in [5.74, 6) is 5.38. The van der Waals surface area contributed by atoms with Crippen molar-refractivity contribution in [3.8, 4) is 17.5 Å². The number of nitrogens with zero attached hydrogens (tertiary/aromatic N) is 7. The molecule has 0 unspecified atom stereocenters. The molecule has 0 spiro atoms. The second-order valence-corrected chi connectivity index (χ2v) is 17.8. The van der Waals surface area contributed by atoms with Gasteiger partial charge in [0.15, 0.2) is 5.82 Å². The van der Waals surface area contributed by atoms with E-state index in [0.29, 0.717) is 76.8 Å². The van der Waals surface area contributed by atoms with Crippen LogP contribution < -0.4 is 5.76 Å². The van der Waals surface area contributed by atoms with Gasteiger partial charge in [-0.05, 0) is 131 Å². The van der Waals surface area contributed by atoms with Gasteiger partial charge in [-0.3, -0.25) is 19.0 Å². The summed E-state index contributed by atoms with van der Waals surface area (Å²) in [4.78, 5) is 32.4. The van der Waals surface area contributed by atoms with E-state index < -0.39 is 23.2 Å². The van der Waals surface area contributed by atoms with E-state index in [0.717, 1.165) is 35.0 Å². The predicted molar refractivity (Wildman–Crippen MR) is 225 cm³/mol. The van der Waals surface area contributed by atoms with Gasteiger partial charge in [-0.2, -0.15) is 10.2 Å². The molecule has 1 saturated carbocycles. The Balaban J connectivity index is 1.10. The molecule has 312 valence electrons. The largest absolute Gasteiger partial charge is 0.438 e. The molecule has 14 heteroatoms. The van der Waals surface area contributed by atoms with Gasteiger partial charge in [-0.15, -0.1) is 0 Å². The van der Waals surface area contributed by atoms with E-state index in [1.807, 2.05) is 17.9 Å². The third-order valence-electron chi connectivity index (χ3n) is 13.3. The van der Waals surface area contributed by atoms with E-state index in [1.165, 1.54) is 11.8 Å². The first-order valence-electron chi connectivity index (χ1n) is 20.8. The highest BCUT2D eigenvalue weighted by Crippen LogP contribution is 2.56. The number of hydrogen-bond donors (Lipinski definition) is 1. The van der Waals surface area contributed by atoms with Crippen LogP contribution in [0.3, 0.4) is 0 Å². The highest BCUT2D eigenvalue weighted by Gasteiger charge is 2.59. The summed E-state index contributed by atoms with van der Waals surface area (Å²) in [5, 5.41) is 14.7. The second-order valence-electron chi connectivity index (χ2n) is 17.8. The SMILES string of the molecule is Cc1cc(-n2nc3c(c2C#Cc2ccc4c(cnn4C)c2F)[C@H](C)N(C(=O)c2cc4cc([C@H]5CCOC(C)(C)C5)ccc4n2[C@@]2(c4noc(=O)[nH]4)C[C@@H]2C)CC3)cc(C)c1F. The zero-order chi connectivity index (χ0) is 42.7. The van der Waals surface area contributed by atoms with Crippen LogP contribution in [0.25, 0.3) is 27.5 Å². The molecule has 0 bridgehead atoms. The standard InChI is InChI=1S/C47H46F2N8O4/c1-25-18-33(19-26(2)41(25)48)57-38(13-9-29-8-12-37-34(42(29)49)24-50-54(37)7)40-28(4)55(16-14-35(40)52-57)43(58)39-21-32-20-30(31-15-17-60-46(5,6)23-31)10-11-36(32)56(39)47(22-27(47)3)44-51-45(59)61-53-44/h8,10-12,18-21,24,27-28,31H,14-17,22-23H2,1-7H3,(H,51,53,59)/t27-,28-,31-,47-/m0/s1. The number of fused-ring (bicyclic) bond motifs is 3. The Morgan fingerprint density at radius 3 is 2.44 bits per heavy atom. The minimum absolute atomic E-state index is 0.0331. The summed E-state index contributed by atoms with van der Waals surface area (Å²) in [6, 6.07) is 14.7. The van der Waals surface area contributed by atoms with E-state index >= 15 is 9.18 Å². The van der Waals surface area contributed by atoms with Crippen LogP contribution in [-0.2, 0) is 23.7 Å². The van der Waals surface area contributed by atoms with Crippen LogP contribution in [0.5, 0.6) is 0 Å². The normalized spacial score (nSPS) is 22.0. The Morgan fingerprint density at radius 2 is 1.74 bits per heavy atom. The van der Waals surface area contributed by atoms with Crippen molar-refractivity contribution in [1.29, 1.82) is 0 Å². The first-order valence-corrected chi connectivity index (χ1v) is 20.8. The Hall–Kier alpha value is -6.33. The van der Waals surface area contributed by atoms with Gasteiger partial charge >= 0.3 is 5.76 Å². The quantitative estimate of drug-likeness (QED) is 0.175. The molecule has 2 aliphatic heterocycles. The van der Waals surface area contributed by atoms with Crippen molar-refractivity contribution >= 4 is 27.7 Å². The van der Waals surface area contributed by atoms with Crippen LogP contribution >= 0.6 is 0 Å². The fourth-order valence-electron chi connectivity index (χ4n) is 10.0. The molecular weight excluding hydrogens is 779 g/mol. The van der Waals surface area contributed by atoms with Crippen LogP contribution in [0.4, 0.5) is 8.78 Å². The number of aromatic amines is 1. The molecule has 0 radical (unpaired) electrons. The van der Waals surface area contributed by atoms with Gasteiger partial charge in [0, 0.05) is 43.1 Å². The fraction of sp³-hybridized carbons (Fsp3) is 0.383. The van der Waals surface area contributed by atoms with E-state index in [1.54, 1.807) is 54.5 Å². The number of aromatic nitrogens is 7. The zero-order valence-electron chi connectivity index (χ0n) is 35.2. The molecule has 3 aromatic carbocycles. The highest BCUT2D eigenvalue weighted by molar-refractivity contribution is 6.00. The van der Waals surface area contributed by atoms with Gasteiger partial charge in [0.1, 0.15) is 28.6 Å². The Kier molecular flexibility index (Phi) is 8.82. The zero-order valence-corrected chi connectivity index (χ0v) is 35.2. The highest BCUT2D eigenvalue weighted by atomic mass is 19.1. The lowest BCUT2D eigenvalue weighted by atomic mass is 9.83.